The van der Waals surface area contributed by atoms with Gasteiger partial charge in [0.2, 0.25) is 0 Å². The summed E-state index contributed by atoms with van der Waals surface area (Å²) < 4.78 is 1.84. The summed E-state index contributed by atoms with van der Waals surface area (Å²) in [6.07, 6.45) is 4.14. The van der Waals surface area contributed by atoms with Gasteiger partial charge in [-0.3, -0.25) is 0 Å². The van der Waals surface area contributed by atoms with Gasteiger partial charge in [-0.15, -0.1) is 0 Å². The van der Waals surface area contributed by atoms with Gasteiger partial charge in [-0.2, -0.15) is 5.10 Å². The van der Waals surface area contributed by atoms with E-state index in [1.807, 2.05) is 55.0 Å². The van der Waals surface area contributed by atoms with Crippen LogP contribution in [0.4, 0.5) is 11.5 Å². The van der Waals surface area contributed by atoms with E-state index in [2.05, 4.69) is 33.1 Å². The van der Waals surface area contributed by atoms with E-state index < -0.39 is 0 Å². The SMILES string of the molecule is CNc1cccc(-c2nn3ccc(NC4CCNCC4)nc3c2-c2cc(C)nc(Cl)c2)c1. The largest absolute Gasteiger partial charge is 0.388 e. The highest BCUT2D eigenvalue weighted by Crippen LogP contribution is 2.36. The summed E-state index contributed by atoms with van der Waals surface area (Å²) in [5, 5.41) is 15.6. The molecule has 1 aliphatic heterocycles. The van der Waals surface area contributed by atoms with Gasteiger partial charge in [0.05, 0.1) is 5.56 Å². The van der Waals surface area contributed by atoms with Crippen molar-refractivity contribution in [3.05, 3.63) is 59.5 Å². The van der Waals surface area contributed by atoms with E-state index in [0.29, 0.717) is 11.2 Å². The minimum absolute atomic E-state index is 0.418. The molecule has 1 aliphatic rings. The summed E-state index contributed by atoms with van der Waals surface area (Å²) in [6.45, 7) is 4.00. The number of nitrogens with zero attached hydrogens (tertiary/aromatic N) is 4. The van der Waals surface area contributed by atoms with Crippen molar-refractivity contribution < 1.29 is 0 Å². The van der Waals surface area contributed by atoms with Gasteiger partial charge in [0.25, 0.3) is 0 Å². The zero-order valence-corrected chi connectivity index (χ0v) is 18.9. The molecule has 0 amide bonds. The molecule has 7 nitrogen and oxygen atoms in total. The number of pyridine rings is 1. The van der Waals surface area contributed by atoms with E-state index in [9.17, 15) is 0 Å². The maximum Gasteiger partial charge on any atom is 0.165 e. The molecule has 3 N–H and O–H groups in total. The first-order valence-corrected chi connectivity index (χ1v) is 11.3. The van der Waals surface area contributed by atoms with Crippen molar-refractivity contribution in [3.8, 4) is 22.4 Å². The van der Waals surface area contributed by atoms with Crippen molar-refractivity contribution in [3.63, 3.8) is 0 Å². The second-order valence-corrected chi connectivity index (χ2v) is 8.51. The lowest BCUT2D eigenvalue weighted by Crippen LogP contribution is -2.35. The van der Waals surface area contributed by atoms with Gasteiger partial charge in [0.1, 0.15) is 16.7 Å². The number of hydrogen-bond acceptors (Lipinski definition) is 6. The van der Waals surface area contributed by atoms with Crippen molar-refractivity contribution in [2.24, 2.45) is 0 Å². The molecule has 4 aromatic rings. The van der Waals surface area contributed by atoms with Crippen LogP contribution in [0.3, 0.4) is 0 Å². The molecule has 0 unspecified atom stereocenters. The molecule has 0 atom stereocenters. The molecule has 0 spiro atoms. The average Bonchev–Trinajstić information content (AvgIpc) is 3.18. The lowest BCUT2D eigenvalue weighted by Gasteiger charge is -2.24. The van der Waals surface area contributed by atoms with Gasteiger partial charge in [-0.1, -0.05) is 23.7 Å². The molecular formula is C24H26ClN7. The molecule has 32 heavy (non-hydrogen) atoms. The Kier molecular flexibility index (Phi) is 5.68. The number of hydrogen-bond donors (Lipinski definition) is 3. The van der Waals surface area contributed by atoms with E-state index in [1.54, 1.807) is 0 Å². The number of piperidine rings is 1. The Hall–Kier alpha value is -3.16. The maximum absolute atomic E-state index is 6.34. The molecule has 0 bridgehead atoms. The van der Waals surface area contributed by atoms with Crippen molar-refractivity contribution in [1.82, 2.24) is 24.9 Å². The Morgan fingerprint density at radius 3 is 2.69 bits per heavy atom. The van der Waals surface area contributed by atoms with Crippen molar-refractivity contribution in [2.75, 3.05) is 30.8 Å². The summed E-state index contributed by atoms with van der Waals surface area (Å²) in [7, 11) is 1.91. The number of fused-ring (bicyclic) bond motifs is 1. The molecule has 1 saturated heterocycles. The molecule has 5 rings (SSSR count). The molecule has 164 valence electrons. The van der Waals surface area contributed by atoms with Gasteiger partial charge >= 0.3 is 0 Å². The summed E-state index contributed by atoms with van der Waals surface area (Å²) in [5.74, 6) is 0.859. The van der Waals surface area contributed by atoms with Crippen LogP contribution in [0.1, 0.15) is 18.5 Å². The topological polar surface area (TPSA) is 79.2 Å². The third-order valence-corrected chi connectivity index (χ3v) is 6.01. The van der Waals surface area contributed by atoms with Crippen LogP contribution in [0.5, 0.6) is 0 Å². The third kappa shape index (κ3) is 4.13. The number of halogens is 1. The van der Waals surface area contributed by atoms with Gasteiger partial charge < -0.3 is 16.0 Å². The maximum atomic E-state index is 6.34. The third-order valence-electron chi connectivity index (χ3n) is 5.81. The molecule has 8 heteroatoms. The smallest absolute Gasteiger partial charge is 0.165 e. The molecule has 0 aliphatic carbocycles. The van der Waals surface area contributed by atoms with E-state index in [0.717, 1.165) is 71.2 Å². The van der Waals surface area contributed by atoms with Crippen LogP contribution in [0, 0.1) is 6.92 Å². The predicted molar refractivity (Wildman–Crippen MR) is 130 cm³/mol. The van der Waals surface area contributed by atoms with Crippen LogP contribution in [0.2, 0.25) is 5.15 Å². The van der Waals surface area contributed by atoms with Gasteiger partial charge in [-0.25, -0.2) is 14.5 Å². The molecule has 4 heterocycles. The summed E-state index contributed by atoms with van der Waals surface area (Å²) in [6, 6.07) is 14.5. The van der Waals surface area contributed by atoms with Crippen molar-refractivity contribution in [2.45, 2.75) is 25.8 Å². The number of anilines is 2. The summed E-state index contributed by atoms with van der Waals surface area (Å²) in [5.41, 5.74) is 6.43. The Morgan fingerprint density at radius 2 is 1.91 bits per heavy atom. The fourth-order valence-corrected chi connectivity index (χ4v) is 4.50. The molecule has 0 radical (unpaired) electrons. The molecule has 1 fully saturated rings. The van der Waals surface area contributed by atoms with Crippen LogP contribution in [-0.2, 0) is 0 Å². The highest BCUT2D eigenvalue weighted by Gasteiger charge is 2.20. The van der Waals surface area contributed by atoms with Gasteiger partial charge in [0.15, 0.2) is 5.65 Å². The second kappa shape index (κ2) is 8.76. The lowest BCUT2D eigenvalue weighted by atomic mass is 10.0. The van der Waals surface area contributed by atoms with Crippen LogP contribution in [0.25, 0.3) is 28.0 Å². The van der Waals surface area contributed by atoms with Crippen molar-refractivity contribution in [1.29, 1.82) is 0 Å². The molecule has 1 aromatic carbocycles. The minimum Gasteiger partial charge on any atom is -0.388 e. The fourth-order valence-electron chi connectivity index (χ4n) is 4.25. The minimum atomic E-state index is 0.418. The van der Waals surface area contributed by atoms with Gasteiger partial charge in [0, 0.05) is 36.2 Å². The normalized spacial score (nSPS) is 14.6. The first-order valence-electron chi connectivity index (χ1n) is 10.9. The first-order chi connectivity index (χ1) is 15.6. The monoisotopic (exact) mass is 447 g/mol. The number of aromatic nitrogens is 4. The van der Waals surface area contributed by atoms with E-state index in [4.69, 9.17) is 21.7 Å². The molecule has 0 saturated carbocycles. The van der Waals surface area contributed by atoms with E-state index in [-0.39, 0.29) is 0 Å². The number of benzene rings is 1. The Morgan fingerprint density at radius 1 is 1.06 bits per heavy atom. The zero-order chi connectivity index (χ0) is 22.1. The average molecular weight is 448 g/mol. The number of rotatable bonds is 5. The van der Waals surface area contributed by atoms with Crippen LogP contribution < -0.4 is 16.0 Å². The van der Waals surface area contributed by atoms with E-state index >= 15 is 0 Å². The highest BCUT2D eigenvalue weighted by molar-refractivity contribution is 6.29. The van der Waals surface area contributed by atoms with Crippen LogP contribution >= 0.6 is 11.6 Å². The van der Waals surface area contributed by atoms with Crippen molar-refractivity contribution >= 4 is 28.8 Å². The molecular weight excluding hydrogens is 422 g/mol. The Bertz CT molecular complexity index is 1240. The van der Waals surface area contributed by atoms with E-state index in [1.165, 1.54) is 0 Å². The lowest BCUT2D eigenvalue weighted by molar-refractivity contribution is 0.478. The summed E-state index contributed by atoms with van der Waals surface area (Å²) in [4.78, 5) is 9.32. The Balaban J connectivity index is 1.68. The summed E-state index contributed by atoms with van der Waals surface area (Å²) >= 11 is 6.34. The van der Waals surface area contributed by atoms with Crippen LogP contribution in [0.15, 0.2) is 48.7 Å². The predicted octanol–water partition coefficient (Wildman–Crippen LogP) is 4.63. The quantitative estimate of drug-likeness (QED) is 0.387. The second-order valence-electron chi connectivity index (χ2n) is 8.12. The molecule has 3 aromatic heterocycles. The van der Waals surface area contributed by atoms with Gasteiger partial charge in [-0.05, 0) is 68.8 Å². The number of aryl methyl sites for hydroxylation is 1. The standard InChI is InChI=1S/C24H26ClN7/c1-15-12-17(14-20(25)28-15)22-23(16-4-3-5-19(13-16)26-2)31-32-11-8-21(30-24(22)32)29-18-6-9-27-10-7-18/h3-5,8,11-14,18,26-27H,6-7,9-10H2,1-2H3,(H,29,30). The fraction of sp³-hybridized carbons (Fsp3) is 0.292. The number of nitrogens with one attached hydrogen (secondary N) is 3. The zero-order valence-electron chi connectivity index (χ0n) is 18.2. The highest BCUT2D eigenvalue weighted by atomic mass is 35.5. The van der Waals surface area contributed by atoms with Crippen LogP contribution in [-0.4, -0.2) is 45.8 Å². The first kappa shape index (κ1) is 20.7. The Labute approximate surface area is 192 Å².